The number of anilines is 2. The average Bonchev–Trinajstić information content (AvgIpc) is 2.79. The third-order valence-electron chi connectivity index (χ3n) is 4.44. The van der Waals surface area contributed by atoms with Crippen LogP contribution in [0.1, 0.15) is 16.8 Å². The van der Waals surface area contributed by atoms with E-state index < -0.39 is 6.03 Å². The number of urea groups is 1. The SMILES string of the molecule is COc1cc(CCNCc2ccc(F)cc2)c(Cl)cc1NC(=O)Nc1cnc(C#N)cn1.Cl. The monoisotopic (exact) mass is 490 g/mol. The molecule has 0 atom stereocenters. The summed E-state index contributed by atoms with van der Waals surface area (Å²) in [6.45, 7) is 1.25. The van der Waals surface area contributed by atoms with E-state index in [0.717, 1.165) is 11.1 Å². The predicted molar refractivity (Wildman–Crippen MR) is 126 cm³/mol. The summed E-state index contributed by atoms with van der Waals surface area (Å²) in [6.07, 6.45) is 3.17. The van der Waals surface area contributed by atoms with Crippen molar-refractivity contribution in [3.05, 3.63) is 76.5 Å². The van der Waals surface area contributed by atoms with Crippen LogP contribution in [0.15, 0.2) is 48.8 Å². The van der Waals surface area contributed by atoms with Gasteiger partial charge in [-0.1, -0.05) is 23.7 Å². The standard InChI is InChI=1S/C22H20ClFN6O2.ClH/c1-32-20-8-15(6-7-26-11-14-2-4-16(24)5-3-14)18(23)9-19(20)29-22(31)30-21-13-27-17(10-25)12-28-21;/h2-5,8-9,12-13,26H,6-7,11H2,1H3,(H2,28,29,30,31);1H. The summed E-state index contributed by atoms with van der Waals surface area (Å²) in [5.41, 5.74) is 2.36. The number of carbonyl (C=O) groups is 1. The third-order valence-corrected chi connectivity index (χ3v) is 4.79. The summed E-state index contributed by atoms with van der Waals surface area (Å²) in [7, 11) is 1.50. The Balaban J connectivity index is 0.00000385. The first kappa shape index (κ1) is 25.8. The van der Waals surface area contributed by atoms with E-state index in [1.807, 2.05) is 6.07 Å². The molecule has 0 saturated carbocycles. The molecule has 0 aliphatic heterocycles. The van der Waals surface area contributed by atoms with E-state index in [1.54, 1.807) is 24.3 Å². The molecule has 8 nitrogen and oxygen atoms in total. The smallest absolute Gasteiger partial charge is 0.325 e. The van der Waals surface area contributed by atoms with Crippen LogP contribution in [0.2, 0.25) is 5.02 Å². The Hall–Kier alpha value is -3.45. The quantitative estimate of drug-likeness (QED) is 0.399. The van der Waals surface area contributed by atoms with Gasteiger partial charge in [-0.05, 0) is 48.4 Å². The molecule has 0 saturated heterocycles. The van der Waals surface area contributed by atoms with Crippen molar-refractivity contribution < 1.29 is 13.9 Å². The molecule has 172 valence electrons. The minimum absolute atomic E-state index is 0. The van der Waals surface area contributed by atoms with Gasteiger partial charge in [0.25, 0.3) is 0 Å². The minimum atomic E-state index is -0.563. The highest BCUT2D eigenvalue weighted by atomic mass is 35.5. The molecule has 2 aromatic carbocycles. The first-order valence-electron chi connectivity index (χ1n) is 9.60. The topological polar surface area (TPSA) is 112 Å². The van der Waals surface area contributed by atoms with Gasteiger partial charge in [0.1, 0.15) is 17.6 Å². The van der Waals surface area contributed by atoms with Gasteiger partial charge in [-0.15, -0.1) is 12.4 Å². The maximum atomic E-state index is 13.0. The maximum absolute atomic E-state index is 13.0. The number of aromatic nitrogens is 2. The van der Waals surface area contributed by atoms with Crippen LogP contribution in [-0.2, 0) is 13.0 Å². The zero-order valence-electron chi connectivity index (χ0n) is 17.6. The Kier molecular flexibility index (Phi) is 9.82. The van der Waals surface area contributed by atoms with Crippen molar-refractivity contribution in [2.75, 3.05) is 24.3 Å². The highest BCUT2D eigenvalue weighted by molar-refractivity contribution is 6.31. The minimum Gasteiger partial charge on any atom is -0.495 e. The van der Waals surface area contributed by atoms with Crippen LogP contribution >= 0.6 is 24.0 Å². The predicted octanol–water partition coefficient (Wildman–Crippen LogP) is 4.55. The molecule has 11 heteroatoms. The number of hydrogen-bond donors (Lipinski definition) is 3. The highest BCUT2D eigenvalue weighted by Crippen LogP contribution is 2.31. The first-order valence-corrected chi connectivity index (χ1v) is 9.98. The van der Waals surface area contributed by atoms with E-state index in [2.05, 4.69) is 25.9 Å². The molecule has 2 amide bonds. The second-order valence-electron chi connectivity index (χ2n) is 6.67. The number of methoxy groups -OCH3 is 1. The van der Waals surface area contributed by atoms with Gasteiger partial charge >= 0.3 is 6.03 Å². The van der Waals surface area contributed by atoms with Crippen LogP contribution < -0.4 is 20.7 Å². The molecule has 3 N–H and O–H groups in total. The molecular formula is C22H21Cl2FN6O2. The van der Waals surface area contributed by atoms with E-state index in [1.165, 1.54) is 31.6 Å². The number of carbonyl (C=O) groups excluding carboxylic acids is 1. The molecule has 0 aliphatic rings. The number of rotatable bonds is 8. The normalized spacial score (nSPS) is 10.0. The van der Waals surface area contributed by atoms with E-state index in [4.69, 9.17) is 21.6 Å². The van der Waals surface area contributed by atoms with Crippen molar-refractivity contribution in [2.45, 2.75) is 13.0 Å². The number of benzene rings is 2. The number of amides is 2. The van der Waals surface area contributed by atoms with Gasteiger partial charge in [-0.25, -0.2) is 19.2 Å². The number of nitrogens with zero attached hydrogens (tertiary/aromatic N) is 3. The lowest BCUT2D eigenvalue weighted by atomic mass is 10.1. The summed E-state index contributed by atoms with van der Waals surface area (Å²) in [6, 6.07) is 11.0. The van der Waals surface area contributed by atoms with Crippen molar-refractivity contribution in [1.82, 2.24) is 15.3 Å². The lowest BCUT2D eigenvalue weighted by Crippen LogP contribution is -2.21. The largest absolute Gasteiger partial charge is 0.495 e. The van der Waals surface area contributed by atoms with E-state index >= 15 is 0 Å². The summed E-state index contributed by atoms with van der Waals surface area (Å²) in [5.74, 6) is 0.374. The van der Waals surface area contributed by atoms with Gasteiger partial charge in [0.2, 0.25) is 0 Å². The molecule has 0 unspecified atom stereocenters. The second kappa shape index (κ2) is 12.6. The molecule has 33 heavy (non-hydrogen) atoms. The van der Waals surface area contributed by atoms with Gasteiger partial charge in [0, 0.05) is 11.6 Å². The van der Waals surface area contributed by atoms with Gasteiger partial charge in [-0.2, -0.15) is 5.26 Å². The fraction of sp³-hybridized carbons (Fsp3) is 0.182. The second-order valence-corrected chi connectivity index (χ2v) is 7.08. The lowest BCUT2D eigenvalue weighted by molar-refractivity contribution is 0.262. The first-order chi connectivity index (χ1) is 15.5. The summed E-state index contributed by atoms with van der Waals surface area (Å²) in [4.78, 5) is 20.1. The number of ether oxygens (including phenoxy) is 1. The Bertz CT molecular complexity index is 1120. The molecule has 3 rings (SSSR count). The van der Waals surface area contributed by atoms with Crippen molar-refractivity contribution in [2.24, 2.45) is 0 Å². The van der Waals surface area contributed by atoms with Gasteiger partial charge in [-0.3, -0.25) is 5.32 Å². The van der Waals surface area contributed by atoms with Crippen molar-refractivity contribution >= 4 is 41.5 Å². The summed E-state index contributed by atoms with van der Waals surface area (Å²) in [5, 5.41) is 17.7. The average molecular weight is 491 g/mol. The Morgan fingerprint density at radius 1 is 1.18 bits per heavy atom. The number of halogens is 3. The van der Waals surface area contributed by atoms with Crippen LogP contribution in [0.4, 0.5) is 20.7 Å². The van der Waals surface area contributed by atoms with Crippen molar-refractivity contribution in [3.63, 3.8) is 0 Å². The van der Waals surface area contributed by atoms with Gasteiger partial charge in [0.05, 0.1) is 25.2 Å². The number of nitriles is 1. The molecule has 0 bridgehead atoms. The molecule has 0 spiro atoms. The van der Waals surface area contributed by atoms with Crippen molar-refractivity contribution in [1.29, 1.82) is 5.26 Å². The Morgan fingerprint density at radius 3 is 2.58 bits per heavy atom. The van der Waals surface area contributed by atoms with Crippen LogP contribution in [0.5, 0.6) is 5.75 Å². The fourth-order valence-electron chi connectivity index (χ4n) is 2.83. The van der Waals surface area contributed by atoms with Gasteiger partial charge in [0.15, 0.2) is 11.5 Å². The number of hydrogen-bond acceptors (Lipinski definition) is 6. The van der Waals surface area contributed by atoms with Crippen LogP contribution in [0.3, 0.4) is 0 Å². The zero-order valence-corrected chi connectivity index (χ0v) is 19.1. The van der Waals surface area contributed by atoms with Crippen LogP contribution in [-0.4, -0.2) is 29.7 Å². The van der Waals surface area contributed by atoms with Crippen LogP contribution in [0.25, 0.3) is 0 Å². The molecule has 3 aromatic rings. The molecule has 0 fully saturated rings. The molecule has 0 aliphatic carbocycles. The zero-order chi connectivity index (χ0) is 22.9. The Morgan fingerprint density at radius 2 is 1.94 bits per heavy atom. The van der Waals surface area contributed by atoms with Gasteiger partial charge < -0.3 is 15.4 Å². The maximum Gasteiger partial charge on any atom is 0.325 e. The summed E-state index contributed by atoms with van der Waals surface area (Å²) < 4.78 is 18.4. The Labute approximate surface area is 201 Å². The van der Waals surface area contributed by atoms with Crippen LogP contribution in [0, 0.1) is 17.1 Å². The van der Waals surface area contributed by atoms with E-state index in [-0.39, 0.29) is 29.7 Å². The summed E-state index contributed by atoms with van der Waals surface area (Å²) >= 11 is 6.40. The highest BCUT2D eigenvalue weighted by Gasteiger charge is 2.13. The lowest BCUT2D eigenvalue weighted by Gasteiger charge is -2.14. The molecule has 1 heterocycles. The third kappa shape index (κ3) is 7.57. The molecule has 1 aromatic heterocycles. The van der Waals surface area contributed by atoms with E-state index in [9.17, 15) is 9.18 Å². The number of nitrogens with one attached hydrogen (secondary N) is 3. The molecular weight excluding hydrogens is 470 g/mol. The fourth-order valence-corrected chi connectivity index (χ4v) is 3.09. The molecule has 0 radical (unpaired) electrons. The van der Waals surface area contributed by atoms with Crippen molar-refractivity contribution in [3.8, 4) is 11.8 Å². The van der Waals surface area contributed by atoms with E-state index in [0.29, 0.717) is 36.0 Å².